The lowest BCUT2D eigenvalue weighted by Crippen LogP contribution is -2.50. The summed E-state index contributed by atoms with van der Waals surface area (Å²) in [4.78, 5) is 24.4. The molecule has 2 aromatic rings. The van der Waals surface area contributed by atoms with Crippen LogP contribution in [-0.2, 0) is 11.2 Å². The average molecular weight is 399 g/mol. The minimum Gasteiger partial charge on any atom is -0.444 e. The number of alkyl carbamates (subject to hydrolysis) is 1. The zero-order valence-electron chi connectivity index (χ0n) is 17.2. The van der Waals surface area contributed by atoms with Gasteiger partial charge in [-0.15, -0.1) is 0 Å². The van der Waals surface area contributed by atoms with E-state index < -0.39 is 23.8 Å². The van der Waals surface area contributed by atoms with Gasteiger partial charge in [0.25, 0.3) is 0 Å². The van der Waals surface area contributed by atoms with Crippen molar-refractivity contribution < 1.29 is 19.4 Å². The summed E-state index contributed by atoms with van der Waals surface area (Å²) in [5.41, 5.74) is 0.960. The molecule has 156 valence electrons. The summed E-state index contributed by atoms with van der Waals surface area (Å²) in [5.74, 6) is -0.0579. The van der Waals surface area contributed by atoms with Crippen molar-refractivity contribution >= 4 is 11.9 Å². The highest BCUT2D eigenvalue weighted by atomic mass is 16.6. The number of aliphatic hydroxyl groups is 1. The number of hydrogen-bond acceptors (Lipinski definition) is 5. The molecule has 0 saturated heterocycles. The van der Waals surface area contributed by atoms with Crippen LogP contribution in [0, 0.1) is 0 Å². The monoisotopic (exact) mass is 398 g/mol. The SMILES string of the molecule is CC(C)(C)OC(=O)N[C@H](Cc1ccccc1)[C@H](O)CNCC(=O)c1ccccc1. The van der Waals surface area contributed by atoms with Gasteiger partial charge in [0.15, 0.2) is 5.78 Å². The van der Waals surface area contributed by atoms with E-state index >= 15 is 0 Å². The van der Waals surface area contributed by atoms with Gasteiger partial charge in [0.1, 0.15) is 5.60 Å². The van der Waals surface area contributed by atoms with E-state index in [4.69, 9.17) is 4.74 Å². The lowest BCUT2D eigenvalue weighted by molar-refractivity contribution is 0.0421. The maximum atomic E-state index is 12.2. The molecule has 0 aliphatic heterocycles. The average Bonchev–Trinajstić information content (AvgIpc) is 2.67. The zero-order valence-corrected chi connectivity index (χ0v) is 17.2. The molecule has 1 amide bonds. The van der Waals surface area contributed by atoms with Crippen LogP contribution in [0.3, 0.4) is 0 Å². The number of carbonyl (C=O) groups is 2. The van der Waals surface area contributed by atoms with Gasteiger partial charge >= 0.3 is 6.09 Å². The van der Waals surface area contributed by atoms with E-state index in [2.05, 4.69) is 10.6 Å². The van der Waals surface area contributed by atoms with Crippen LogP contribution in [0.25, 0.3) is 0 Å². The normalized spacial score (nSPS) is 13.4. The Hall–Kier alpha value is -2.70. The Bertz CT molecular complexity index is 772. The molecule has 6 heteroatoms. The molecule has 6 nitrogen and oxygen atoms in total. The molecule has 2 aromatic carbocycles. The molecular formula is C23H30N2O4. The number of carbonyl (C=O) groups excluding carboxylic acids is 2. The molecule has 0 aliphatic rings. The van der Waals surface area contributed by atoms with Crippen LogP contribution in [-0.4, -0.2) is 47.8 Å². The van der Waals surface area contributed by atoms with Crippen molar-refractivity contribution in [3.63, 3.8) is 0 Å². The molecular weight excluding hydrogens is 368 g/mol. The number of benzene rings is 2. The predicted molar refractivity (Wildman–Crippen MR) is 113 cm³/mol. The summed E-state index contributed by atoms with van der Waals surface area (Å²) >= 11 is 0. The van der Waals surface area contributed by atoms with Crippen molar-refractivity contribution in [3.8, 4) is 0 Å². The molecule has 2 rings (SSSR count). The number of aliphatic hydroxyl groups excluding tert-OH is 1. The summed E-state index contributed by atoms with van der Waals surface area (Å²) < 4.78 is 5.32. The quantitative estimate of drug-likeness (QED) is 0.565. The fraction of sp³-hybridized carbons (Fsp3) is 0.391. The highest BCUT2D eigenvalue weighted by molar-refractivity contribution is 5.97. The van der Waals surface area contributed by atoms with E-state index in [-0.39, 0.29) is 18.9 Å². The van der Waals surface area contributed by atoms with E-state index in [0.29, 0.717) is 12.0 Å². The fourth-order valence-corrected chi connectivity index (χ4v) is 2.81. The third-order valence-electron chi connectivity index (χ3n) is 4.20. The second kappa shape index (κ2) is 10.7. The number of ether oxygens (including phenoxy) is 1. The molecule has 0 bridgehead atoms. The Kier molecular flexibility index (Phi) is 8.36. The van der Waals surface area contributed by atoms with Crippen LogP contribution < -0.4 is 10.6 Å². The smallest absolute Gasteiger partial charge is 0.407 e. The van der Waals surface area contributed by atoms with Gasteiger partial charge in [0.05, 0.1) is 18.7 Å². The molecule has 0 aromatic heterocycles. The van der Waals surface area contributed by atoms with Gasteiger partial charge in [-0.1, -0.05) is 60.7 Å². The van der Waals surface area contributed by atoms with Crippen LogP contribution in [0.1, 0.15) is 36.7 Å². The minimum atomic E-state index is -0.897. The second-order valence-corrected chi connectivity index (χ2v) is 7.93. The molecule has 0 radical (unpaired) electrons. The Balaban J connectivity index is 1.95. The number of ketones is 1. The maximum Gasteiger partial charge on any atom is 0.407 e. The van der Waals surface area contributed by atoms with Crippen molar-refractivity contribution in [3.05, 3.63) is 71.8 Å². The van der Waals surface area contributed by atoms with Crippen molar-refractivity contribution in [2.75, 3.05) is 13.1 Å². The van der Waals surface area contributed by atoms with Gasteiger partial charge in [0, 0.05) is 12.1 Å². The highest BCUT2D eigenvalue weighted by Crippen LogP contribution is 2.10. The van der Waals surface area contributed by atoms with E-state index in [0.717, 1.165) is 5.56 Å². The van der Waals surface area contributed by atoms with Crippen LogP contribution in [0.15, 0.2) is 60.7 Å². The molecule has 0 aliphatic carbocycles. The molecule has 0 heterocycles. The van der Waals surface area contributed by atoms with E-state index in [1.54, 1.807) is 32.9 Å². The van der Waals surface area contributed by atoms with Crippen LogP contribution in [0.4, 0.5) is 4.79 Å². The van der Waals surface area contributed by atoms with Gasteiger partial charge in [-0.05, 0) is 32.8 Å². The summed E-state index contributed by atoms with van der Waals surface area (Å²) in [6.07, 6.45) is -1.04. The van der Waals surface area contributed by atoms with Gasteiger partial charge < -0.3 is 20.5 Å². The Morgan fingerprint density at radius 1 is 1.00 bits per heavy atom. The van der Waals surface area contributed by atoms with Crippen LogP contribution in [0.5, 0.6) is 0 Å². The second-order valence-electron chi connectivity index (χ2n) is 7.93. The maximum absolute atomic E-state index is 12.2. The molecule has 3 N–H and O–H groups in total. The standard InChI is InChI=1S/C23H30N2O4/c1-23(2,3)29-22(28)25-19(14-17-10-6-4-7-11-17)21(27)16-24-15-20(26)18-12-8-5-9-13-18/h4-13,19,21,24,27H,14-16H2,1-3H3,(H,25,28)/t19-,21-/m1/s1. The summed E-state index contributed by atoms with van der Waals surface area (Å²) in [6, 6.07) is 18.0. The third kappa shape index (κ3) is 8.46. The largest absolute Gasteiger partial charge is 0.444 e. The van der Waals surface area contributed by atoms with Crippen LogP contribution >= 0.6 is 0 Å². The Labute approximate surface area is 172 Å². The van der Waals surface area contributed by atoms with Crippen molar-refractivity contribution in [1.29, 1.82) is 0 Å². The molecule has 0 spiro atoms. The van der Waals surface area contributed by atoms with Gasteiger partial charge in [0.2, 0.25) is 0 Å². The van der Waals surface area contributed by atoms with Crippen molar-refractivity contribution in [2.45, 2.75) is 44.9 Å². The minimum absolute atomic E-state index is 0.0579. The first-order valence-electron chi connectivity index (χ1n) is 9.75. The summed E-state index contributed by atoms with van der Waals surface area (Å²) in [5, 5.41) is 16.4. The fourth-order valence-electron chi connectivity index (χ4n) is 2.81. The predicted octanol–water partition coefficient (Wildman–Crippen LogP) is 2.96. The number of Topliss-reactive ketones (excluding diaryl/α,β-unsaturated/α-hetero) is 1. The Morgan fingerprint density at radius 3 is 2.17 bits per heavy atom. The molecule has 0 unspecified atom stereocenters. The van der Waals surface area contributed by atoms with E-state index in [1.165, 1.54) is 0 Å². The summed E-state index contributed by atoms with van der Waals surface area (Å²) in [6.45, 7) is 5.61. The lowest BCUT2D eigenvalue weighted by Gasteiger charge is -2.27. The van der Waals surface area contributed by atoms with E-state index in [9.17, 15) is 14.7 Å². The van der Waals surface area contributed by atoms with E-state index in [1.807, 2.05) is 48.5 Å². The number of nitrogens with one attached hydrogen (secondary N) is 2. The number of rotatable bonds is 9. The topological polar surface area (TPSA) is 87.7 Å². The molecule has 2 atom stereocenters. The van der Waals surface area contributed by atoms with Gasteiger partial charge in [-0.3, -0.25) is 4.79 Å². The third-order valence-corrected chi connectivity index (χ3v) is 4.20. The summed E-state index contributed by atoms with van der Waals surface area (Å²) in [7, 11) is 0. The molecule has 0 fully saturated rings. The molecule has 29 heavy (non-hydrogen) atoms. The first kappa shape index (κ1) is 22.6. The van der Waals surface area contributed by atoms with Gasteiger partial charge in [-0.2, -0.15) is 0 Å². The van der Waals surface area contributed by atoms with Crippen molar-refractivity contribution in [1.82, 2.24) is 10.6 Å². The Morgan fingerprint density at radius 2 is 1.59 bits per heavy atom. The van der Waals surface area contributed by atoms with Gasteiger partial charge in [-0.25, -0.2) is 4.79 Å². The van der Waals surface area contributed by atoms with Crippen molar-refractivity contribution in [2.24, 2.45) is 0 Å². The number of amides is 1. The number of hydrogen-bond donors (Lipinski definition) is 3. The lowest BCUT2D eigenvalue weighted by atomic mass is 10.0. The van der Waals surface area contributed by atoms with Crippen LogP contribution in [0.2, 0.25) is 0 Å². The molecule has 0 saturated carbocycles. The highest BCUT2D eigenvalue weighted by Gasteiger charge is 2.25. The zero-order chi connectivity index (χ0) is 21.3. The first-order chi connectivity index (χ1) is 13.7. The first-order valence-corrected chi connectivity index (χ1v) is 9.75.